The first-order valence-electron chi connectivity index (χ1n) is 9.45. The maximum absolute atomic E-state index is 12.3. The van der Waals surface area contributed by atoms with E-state index in [4.69, 9.17) is 5.26 Å². The van der Waals surface area contributed by atoms with Crippen molar-refractivity contribution >= 4 is 17.8 Å². The predicted molar refractivity (Wildman–Crippen MR) is 101 cm³/mol. The van der Waals surface area contributed by atoms with Crippen LogP contribution in [0.3, 0.4) is 0 Å². The van der Waals surface area contributed by atoms with E-state index >= 15 is 0 Å². The van der Waals surface area contributed by atoms with E-state index in [9.17, 15) is 4.79 Å². The number of aryl methyl sites for hydroxylation is 2. The molecule has 2 aromatic rings. The smallest absolute Gasteiger partial charge is 0.246 e. The van der Waals surface area contributed by atoms with E-state index in [0.717, 1.165) is 42.9 Å². The lowest BCUT2D eigenvalue weighted by Crippen LogP contribution is -2.30. The number of aromatic nitrogens is 5. The number of amides is 1. The fourth-order valence-corrected chi connectivity index (χ4v) is 3.45. The van der Waals surface area contributed by atoms with Crippen LogP contribution in [-0.4, -0.2) is 44.0 Å². The Bertz CT molecular complexity index is 825. The number of anilines is 2. The van der Waals surface area contributed by atoms with Gasteiger partial charge in [0.05, 0.1) is 24.7 Å². The molecule has 0 aromatic carbocycles. The van der Waals surface area contributed by atoms with E-state index in [1.165, 1.54) is 6.42 Å². The van der Waals surface area contributed by atoms with Crippen LogP contribution in [0.4, 0.5) is 11.9 Å². The Morgan fingerprint density at radius 1 is 1.30 bits per heavy atom. The number of nitrogens with zero attached hydrogens (tertiary/aromatic N) is 6. The van der Waals surface area contributed by atoms with Gasteiger partial charge < -0.3 is 4.90 Å². The Morgan fingerprint density at radius 2 is 2.07 bits per heavy atom. The summed E-state index contributed by atoms with van der Waals surface area (Å²) in [7, 11) is 0. The Kier molecular flexibility index (Phi) is 6.06. The third-order valence-corrected chi connectivity index (χ3v) is 4.94. The number of carbonyl (C=O) groups is 1. The van der Waals surface area contributed by atoms with Crippen molar-refractivity contribution in [2.75, 3.05) is 23.3 Å². The molecule has 1 fully saturated rings. The quantitative estimate of drug-likeness (QED) is 0.771. The van der Waals surface area contributed by atoms with Crippen molar-refractivity contribution in [3.05, 3.63) is 17.0 Å². The molecule has 2 aromatic heterocycles. The molecule has 1 saturated heterocycles. The van der Waals surface area contributed by atoms with Crippen molar-refractivity contribution < 1.29 is 4.79 Å². The molecule has 27 heavy (non-hydrogen) atoms. The standard InChI is InChI=1S/C18H26N8O/c1-13-15(14(2)26(24-13)12-6-9-19)7-8-16(27)20-17-21-18(23-22-17)25-10-4-3-5-11-25/h3-8,10-12H2,1-2H3,(H2,20,21,22,23,27). The van der Waals surface area contributed by atoms with Crippen molar-refractivity contribution in [1.82, 2.24) is 25.0 Å². The summed E-state index contributed by atoms with van der Waals surface area (Å²) < 4.78 is 1.84. The average molecular weight is 370 g/mol. The number of aromatic amines is 1. The molecule has 0 spiro atoms. The molecular weight excluding hydrogens is 344 g/mol. The fraction of sp³-hybridized carbons (Fsp3) is 0.611. The Balaban J connectivity index is 1.54. The maximum Gasteiger partial charge on any atom is 0.246 e. The number of hydrogen-bond donors (Lipinski definition) is 2. The summed E-state index contributed by atoms with van der Waals surface area (Å²) in [6.07, 6.45) is 4.91. The lowest BCUT2D eigenvalue weighted by atomic mass is 10.1. The molecule has 0 saturated carbocycles. The SMILES string of the molecule is Cc1nn(CCC#N)c(C)c1CCC(=O)Nc1nc(N2CCCCC2)n[nH]1. The third kappa shape index (κ3) is 4.64. The van der Waals surface area contributed by atoms with Gasteiger partial charge in [0, 0.05) is 25.2 Å². The summed E-state index contributed by atoms with van der Waals surface area (Å²) in [5.41, 5.74) is 2.99. The molecule has 0 aliphatic carbocycles. The number of hydrogen-bond acceptors (Lipinski definition) is 6. The van der Waals surface area contributed by atoms with Gasteiger partial charge >= 0.3 is 0 Å². The minimum Gasteiger partial charge on any atom is -0.340 e. The second-order valence-electron chi connectivity index (χ2n) is 6.86. The number of H-pyrrole nitrogens is 1. The predicted octanol–water partition coefficient (Wildman–Crippen LogP) is 2.09. The van der Waals surface area contributed by atoms with Crippen LogP contribution in [0.25, 0.3) is 0 Å². The largest absolute Gasteiger partial charge is 0.340 e. The van der Waals surface area contributed by atoms with Crippen LogP contribution in [0.5, 0.6) is 0 Å². The average Bonchev–Trinajstić information content (AvgIpc) is 3.24. The molecule has 144 valence electrons. The van der Waals surface area contributed by atoms with Crippen molar-refractivity contribution in [2.45, 2.75) is 58.9 Å². The molecule has 1 aliphatic rings. The minimum atomic E-state index is -0.111. The lowest BCUT2D eigenvalue weighted by Gasteiger charge is -2.24. The van der Waals surface area contributed by atoms with Crippen LogP contribution in [-0.2, 0) is 17.8 Å². The van der Waals surface area contributed by atoms with Crippen molar-refractivity contribution in [3.63, 3.8) is 0 Å². The number of carbonyl (C=O) groups excluding carboxylic acids is 1. The van der Waals surface area contributed by atoms with E-state index in [1.54, 1.807) is 0 Å². The molecule has 9 heteroatoms. The first kappa shape index (κ1) is 18.9. The highest BCUT2D eigenvalue weighted by atomic mass is 16.1. The van der Waals surface area contributed by atoms with Crippen LogP contribution in [0.1, 0.15) is 49.1 Å². The first-order valence-corrected chi connectivity index (χ1v) is 9.45. The molecule has 1 aliphatic heterocycles. The molecule has 0 bridgehead atoms. The molecule has 0 unspecified atom stereocenters. The zero-order valence-electron chi connectivity index (χ0n) is 16.0. The zero-order valence-corrected chi connectivity index (χ0v) is 16.0. The number of nitrogens with one attached hydrogen (secondary N) is 2. The Hall–Kier alpha value is -2.89. The van der Waals surface area contributed by atoms with Gasteiger partial charge in [0.25, 0.3) is 0 Å². The van der Waals surface area contributed by atoms with Crippen molar-refractivity contribution in [2.24, 2.45) is 0 Å². The highest BCUT2D eigenvalue weighted by Gasteiger charge is 2.17. The monoisotopic (exact) mass is 370 g/mol. The normalized spacial score (nSPS) is 14.2. The van der Waals surface area contributed by atoms with Gasteiger partial charge in [-0.15, -0.1) is 5.10 Å². The van der Waals surface area contributed by atoms with Crippen molar-refractivity contribution in [3.8, 4) is 6.07 Å². The van der Waals surface area contributed by atoms with Crippen LogP contribution in [0.15, 0.2) is 0 Å². The molecule has 0 radical (unpaired) electrons. The van der Waals surface area contributed by atoms with Crippen molar-refractivity contribution in [1.29, 1.82) is 5.26 Å². The van der Waals surface area contributed by atoms with E-state index < -0.39 is 0 Å². The van der Waals surface area contributed by atoms with Gasteiger partial charge in [-0.1, -0.05) is 0 Å². The van der Waals surface area contributed by atoms with Gasteiger partial charge in [0.2, 0.25) is 17.8 Å². The van der Waals surface area contributed by atoms with E-state index in [0.29, 0.717) is 37.7 Å². The second-order valence-corrected chi connectivity index (χ2v) is 6.86. The molecule has 2 N–H and O–H groups in total. The van der Waals surface area contributed by atoms with Gasteiger partial charge in [-0.05, 0) is 45.1 Å². The Labute approximate surface area is 158 Å². The second kappa shape index (κ2) is 8.66. The molecule has 0 atom stereocenters. The van der Waals surface area contributed by atoms with E-state index in [1.807, 2.05) is 18.5 Å². The fourth-order valence-electron chi connectivity index (χ4n) is 3.45. The molecule has 1 amide bonds. The maximum atomic E-state index is 12.3. The summed E-state index contributed by atoms with van der Waals surface area (Å²) in [4.78, 5) is 18.8. The zero-order chi connectivity index (χ0) is 19.2. The number of nitriles is 1. The van der Waals surface area contributed by atoms with Gasteiger partial charge in [0.1, 0.15) is 0 Å². The van der Waals surface area contributed by atoms with Crippen LogP contribution >= 0.6 is 0 Å². The van der Waals surface area contributed by atoms with Crippen LogP contribution in [0, 0.1) is 25.2 Å². The van der Waals surface area contributed by atoms with Gasteiger partial charge in [-0.25, -0.2) is 5.10 Å². The summed E-state index contributed by atoms with van der Waals surface area (Å²) in [5.74, 6) is 0.925. The molecular formula is C18H26N8O. The number of rotatable bonds is 7. The topological polar surface area (TPSA) is 116 Å². The summed E-state index contributed by atoms with van der Waals surface area (Å²) >= 11 is 0. The summed E-state index contributed by atoms with van der Waals surface area (Å²) in [6, 6.07) is 2.13. The van der Waals surface area contributed by atoms with E-state index in [-0.39, 0.29) is 5.91 Å². The highest BCUT2D eigenvalue weighted by Crippen LogP contribution is 2.18. The van der Waals surface area contributed by atoms with Gasteiger partial charge in [-0.3, -0.25) is 14.8 Å². The van der Waals surface area contributed by atoms with E-state index in [2.05, 4.69) is 36.6 Å². The molecule has 3 heterocycles. The molecule has 9 nitrogen and oxygen atoms in total. The first-order chi connectivity index (χ1) is 13.1. The van der Waals surface area contributed by atoms with Gasteiger partial charge in [0.15, 0.2) is 0 Å². The van der Waals surface area contributed by atoms with Crippen LogP contribution < -0.4 is 10.2 Å². The Morgan fingerprint density at radius 3 is 2.81 bits per heavy atom. The number of piperidine rings is 1. The lowest BCUT2D eigenvalue weighted by molar-refractivity contribution is -0.116. The highest BCUT2D eigenvalue weighted by molar-refractivity contribution is 5.89. The minimum absolute atomic E-state index is 0.111. The molecule has 3 rings (SSSR count). The summed E-state index contributed by atoms with van der Waals surface area (Å²) in [6.45, 7) is 6.41. The summed E-state index contributed by atoms with van der Waals surface area (Å²) in [5, 5.41) is 23.0. The van der Waals surface area contributed by atoms with Gasteiger partial charge in [-0.2, -0.15) is 15.3 Å². The van der Waals surface area contributed by atoms with Crippen LogP contribution in [0.2, 0.25) is 0 Å². The third-order valence-electron chi connectivity index (χ3n) is 4.94.